The van der Waals surface area contributed by atoms with Crippen molar-refractivity contribution >= 4 is 17.6 Å². The number of nitrogens with zero attached hydrogens (tertiary/aromatic N) is 2. The van der Waals surface area contributed by atoms with Crippen LogP contribution in [0.1, 0.15) is 52.9 Å². The monoisotopic (exact) mass is 499 g/mol. The molecule has 0 unspecified atom stereocenters. The highest BCUT2D eigenvalue weighted by Crippen LogP contribution is 2.41. The highest BCUT2D eigenvalue weighted by molar-refractivity contribution is 6.01. The normalized spacial score (nSPS) is 15.1. The molecule has 0 aliphatic carbocycles. The van der Waals surface area contributed by atoms with Crippen LogP contribution in [0, 0.1) is 6.92 Å². The number of benzene rings is 1. The number of aromatic nitrogens is 1. The number of pyridine rings is 1. The highest BCUT2D eigenvalue weighted by atomic mass is 19.3. The molecule has 1 aliphatic rings. The molecule has 2 N–H and O–H groups in total. The van der Waals surface area contributed by atoms with Crippen LogP contribution in [-0.4, -0.2) is 46.6 Å². The van der Waals surface area contributed by atoms with E-state index >= 15 is 0 Å². The number of rotatable bonds is 9. The van der Waals surface area contributed by atoms with Gasteiger partial charge in [0, 0.05) is 18.8 Å². The molecule has 190 valence electrons. The number of carboxylic acids is 1. The summed E-state index contributed by atoms with van der Waals surface area (Å²) < 4.78 is 35.9. The lowest BCUT2D eigenvalue weighted by atomic mass is 9.69. The lowest BCUT2D eigenvalue weighted by Crippen LogP contribution is -2.64. The van der Waals surface area contributed by atoms with Gasteiger partial charge in [-0.3, -0.25) is 9.69 Å². The van der Waals surface area contributed by atoms with E-state index in [4.69, 9.17) is 9.52 Å². The van der Waals surface area contributed by atoms with Gasteiger partial charge in [0.1, 0.15) is 11.4 Å². The molecule has 8 nitrogen and oxygen atoms in total. The fourth-order valence-electron chi connectivity index (χ4n) is 4.54. The molecule has 10 heteroatoms. The largest absolute Gasteiger partial charge is 0.475 e. The van der Waals surface area contributed by atoms with Gasteiger partial charge in [0.15, 0.2) is 0 Å². The number of alkyl halides is 2. The molecule has 3 heterocycles. The van der Waals surface area contributed by atoms with Crippen LogP contribution in [-0.2, 0) is 16.8 Å². The number of furan rings is 1. The molecule has 0 atom stereocenters. The maximum atomic E-state index is 13.8. The van der Waals surface area contributed by atoms with Crippen molar-refractivity contribution in [2.45, 2.75) is 45.3 Å². The summed E-state index contributed by atoms with van der Waals surface area (Å²) in [5, 5.41) is 11.9. The van der Waals surface area contributed by atoms with E-state index in [0.717, 1.165) is 11.1 Å². The predicted octanol–water partition coefficient (Wildman–Crippen LogP) is 4.80. The Bertz CT molecular complexity index is 1270. The number of carbonyl (C=O) groups excluding carboxylic acids is 1. The van der Waals surface area contributed by atoms with Gasteiger partial charge >= 0.3 is 12.6 Å². The lowest BCUT2D eigenvalue weighted by molar-refractivity contribution is -0.128. The topological polar surface area (TPSA) is 105 Å². The van der Waals surface area contributed by atoms with E-state index < -0.39 is 18.0 Å². The second-order valence-electron chi connectivity index (χ2n) is 9.18. The number of likely N-dealkylation sites (tertiary alicyclic amines) is 1. The quantitative estimate of drug-likeness (QED) is 0.436. The van der Waals surface area contributed by atoms with Gasteiger partial charge in [-0.05, 0) is 48.2 Å². The number of aromatic carboxylic acids is 1. The van der Waals surface area contributed by atoms with E-state index in [2.05, 4.69) is 15.0 Å². The maximum Gasteiger partial charge on any atom is 0.388 e. The van der Waals surface area contributed by atoms with Crippen molar-refractivity contribution in [2.75, 3.05) is 18.4 Å². The van der Waals surface area contributed by atoms with Crippen LogP contribution in [0.4, 0.5) is 14.5 Å². The third-order valence-electron chi connectivity index (χ3n) is 6.22. The molecule has 0 spiro atoms. The second-order valence-corrected chi connectivity index (χ2v) is 9.18. The van der Waals surface area contributed by atoms with Crippen molar-refractivity contribution in [3.8, 4) is 5.88 Å². The fourth-order valence-corrected chi connectivity index (χ4v) is 4.54. The molecule has 1 amide bonds. The summed E-state index contributed by atoms with van der Waals surface area (Å²) in [5.74, 6) is -1.42. The molecule has 3 aromatic rings. The molecule has 1 aromatic carbocycles. The zero-order valence-corrected chi connectivity index (χ0v) is 20.1. The minimum atomic E-state index is -3.09. The Kier molecular flexibility index (Phi) is 7.07. The Morgan fingerprint density at radius 1 is 1.17 bits per heavy atom. The third kappa shape index (κ3) is 5.08. The van der Waals surface area contributed by atoms with Crippen LogP contribution in [0.5, 0.6) is 5.88 Å². The fraction of sp³-hybridized carbons (Fsp3) is 0.346. The first kappa shape index (κ1) is 25.3. The molecule has 0 radical (unpaired) electrons. The minimum absolute atomic E-state index is 0.0582. The zero-order valence-electron chi connectivity index (χ0n) is 20.1. The summed E-state index contributed by atoms with van der Waals surface area (Å²) in [6.07, 6.45) is 0. The first-order valence-electron chi connectivity index (χ1n) is 11.5. The maximum absolute atomic E-state index is 13.8. The number of hydrogen-bond donors (Lipinski definition) is 2. The van der Waals surface area contributed by atoms with Crippen LogP contribution < -0.4 is 10.1 Å². The number of ether oxygens (including phenoxy) is 1. The average molecular weight is 500 g/mol. The summed E-state index contributed by atoms with van der Waals surface area (Å²) in [5.41, 5.74) is 1.40. The Hall–Kier alpha value is -3.79. The van der Waals surface area contributed by atoms with Crippen molar-refractivity contribution in [3.63, 3.8) is 0 Å². The number of hydrogen-bond acceptors (Lipinski definition) is 6. The summed E-state index contributed by atoms with van der Waals surface area (Å²) >= 11 is 0. The molecule has 36 heavy (non-hydrogen) atoms. The number of aryl methyl sites for hydroxylation is 1. The van der Waals surface area contributed by atoms with Gasteiger partial charge in [0.2, 0.25) is 17.5 Å². The molecular weight excluding hydrogens is 472 g/mol. The summed E-state index contributed by atoms with van der Waals surface area (Å²) in [6, 6.07) is 13.7. The molecule has 2 aromatic heterocycles. The van der Waals surface area contributed by atoms with Gasteiger partial charge in [-0.2, -0.15) is 8.78 Å². The Labute approximate surface area is 206 Å². The SMILES string of the molecule is Cc1ccc(NC(=O)C2(c3ccccc3C(C)C)CN(Cc3ccc(C(=O)O)o3)C2)c(OC(F)F)n1. The van der Waals surface area contributed by atoms with E-state index in [-0.39, 0.29) is 29.2 Å². The van der Waals surface area contributed by atoms with Gasteiger partial charge in [0.05, 0.1) is 12.0 Å². The van der Waals surface area contributed by atoms with Gasteiger partial charge in [-0.15, -0.1) is 0 Å². The second kappa shape index (κ2) is 10.1. The van der Waals surface area contributed by atoms with Crippen LogP contribution in [0.25, 0.3) is 0 Å². The Morgan fingerprint density at radius 3 is 2.53 bits per heavy atom. The van der Waals surface area contributed by atoms with Crippen LogP contribution >= 0.6 is 0 Å². The van der Waals surface area contributed by atoms with E-state index in [1.54, 1.807) is 19.1 Å². The van der Waals surface area contributed by atoms with Crippen LogP contribution in [0.15, 0.2) is 52.9 Å². The molecular formula is C26H27F2N3O5. The molecule has 1 aliphatic heterocycles. The Balaban J connectivity index is 1.64. The number of nitrogens with one attached hydrogen (secondary N) is 1. The third-order valence-corrected chi connectivity index (χ3v) is 6.22. The summed E-state index contributed by atoms with van der Waals surface area (Å²) in [4.78, 5) is 30.9. The number of carbonyl (C=O) groups is 2. The van der Waals surface area contributed by atoms with Gasteiger partial charge < -0.3 is 19.6 Å². The Morgan fingerprint density at radius 2 is 1.89 bits per heavy atom. The van der Waals surface area contributed by atoms with E-state index in [0.29, 0.717) is 31.1 Å². The molecule has 1 fully saturated rings. The standard InChI is InChI=1S/C26H27F2N3O5/c1-15(2)18-6-4-5-7-19(18)26(13-31(14-26)12-17-9-11-21(35-17)23(32)33)24(34)30-20-10-8-16(3)29-22(20)36-25(27)28/h4-11,15,25H,12-14H2,1-3H3,(H,30,34)(H,32,33). The number of halogens is 2. The van der Waals surface area contributed by atoms with Gasteiger partial charge in [0.25, 0.3) is 0 Å². The summed E-state index contributed by atoms with van der Waals surface area (Å²) in [7, 11) is 0. The first-order chi connectivity index (χ1) is 17.1. The summed E-state index contributed by atoms with van der Waals surface area (Å²) in [6.45, 7) is 3.57. The van der Waals surface area contributed by atoms with E-state index in [1.807, 2.05) is 43.0 Å². The smallest absolute Gasteiger partial charge is 0.388 e. The van der Waals surface area contributed by atoms with Gasteiger partial charge in [-0.1, -0.05) is 38.1 Å². The van der Waals surface area contributed by atoms with Crippen LogP contribution in [0.2, 0.25) is 0 Å². The lowest BCUT2D eigenvalue weighted by Gasteiger charge is -2.49. The van der Waals surface area contributed by atoms with E-state index in [9.17, 15) is 18.4 Å². The highest BCUT2D eigenvalue weighted by Gasteiger charge is 2.52. The van der Waals surface area contributed by atoms with Gasteiger partial charge in [-0.25, -0.2) is 9.78 Å². The zero-order chi connectivity index (χ0) is 26.0. The van der Waals surface area contributed by atoms with Crippen molar-refractivity contribution in [1.82, 2.24) is 9.88 Å². The van der Waals surface area contributed by atoms with Crippen molar-refractivity contribution in [1.29, 1.82) is 0 Å². The van der Waals surface area contributed by atoms with Crippen LogP contribution in [0.3, 0.4) is 0 Å². The molecule has 4 rings (SSSR count). The first-order valence-corrected chi connectivity index (χ1v) is 11.5. The number of amides is 1. The predicted molar refractivity (Wildman–Crippen MR) is 127 cm³/mol. The average Bonchev–Trinajstić information content (AvgIpc) is 3.26. The molecule has 0 bridgehead atoms. The van der Waals surface area contributed by atoms with E-state index in [1.165, 1.54) is 12.1 Å². The number of carboxylic acid groups (broad SMARTS) is 1. The minimum Gasteiger partial charge on any atom is -0.475 e. The molecule has 0 saturated carbocycles. The molecule has 1 saturated heterocycles. The van der Waals surface area contributed by atoms with Crippen molar-refractivity contribution < 1.29 is 32.6 Å². The number of anilines is 1. The van der Waals surface area contributed by atoms with Crippen molar-refractivity contribution in [3.05, 3.63) is 76.9 Å². The van der Waals surface area contributed by atoms with Crippen molar-refractivity contribution in [2.24, 2.45) is 0 Å².